The number of aliphatic hydroxyl groups is 1. The highest BCUT2D eigenvalue weighted by molar-refractivity contribution is 5.92. The fourth-order valence-electron chi connectivity index (χ4n) is 6.41. The Morgan fingerprint density at radius 3 is 2.38 bits per heavy atom. The van der Waals surface area contributed by atoms with Gasteiger partial charge in [0.15, 0.2) is 0 Å². The summed E-state index contributed by atoms with van der Waals surface area (Å²) >= 11 is 0. The molecule has 3 N–H and O–H groups in total. The number of aromatic nitrogens is 2. The number of benzene rings is 1. The first kappa shape index (κ1) is 25.9. The van der Waals surface area contributed by atoms with Gasteiger partial charge in [0.1, 0.15) is 0 Å². The number of piperidine rings is 1. The van der Waals surface area contributed by atoms with Crippen LogP contribution in [0, 0.1) is 13.8 Å². The van der Waals surface area contributed by atoms with Crippen molar-refractivity contribution in [3.05, 3.63) is 52.8 Å². The average molecular weight is 503 g/mol. The largest absolute Gasteiger partial charge is 0.393 e. The van der Waals surface area contributed by atoms with Crippen molar-refractivity contribution in [2.45, 2.75) is 90.2 Å². The summed E-state index contributed by atoms with van der Waals surface area (Å²) in [5.41, 5.74) is 8.49. The molecule has 1 saturated carbocycles. The highest BCUT2D eigenvalue weighted by Crippen LogP contribution is 2.38. The third kappa shape index (κ3) is 5.91. The number of amides is 1. The number of hydrogen-bond donors (Lipinski definition) is 3. The summed E-state index contributed by atoms with van der Waals surface area (Å²) in [6.07, 6.45) is 5.32. The van der Waals surface area contributed by atoms with Crippen LogP contribution in [0.2, 0.25) is 0 Å². The Bertz CT molecular complexity index is 1230. The van der Waals surface area contributed by atoms with Crippen LogP contribution in [0.15, 0.2) is 30.3 Å². The van der Waals surface area contributed by atoms with Crippen molar-refractivity contribution in [1.82, 2.24) is 20.2 Å². The number of fused-ring (bicyclic) bond motifs is 1. The number of carbonyl (C=O) groups is 1. The maximum Gasteiger partial charge on any atom is 0.234 e. The molecule has 37 heavy (non-hydrogen) atoms. The Hall–Kier alpha value is -2.70. The predicted octanol–water partition coefficient (Wildman–Crippen LogP) is 5.57. The molecule has 1 aliphatic carbocycles. The van der Waals surface area contributed by atoms with Crippen LogP contribution >= 0.6 is 0 Å². The topological polar surface area (TPSA) is 81.2 Å². The van der Waals surface area contributed by atoms with E-state index in [9.17, 15) is 9.90 Å². The zero-order valence-electron chi connectivity index (χ0n) is 22.8. The summed E-state index contributed by atoms with van der Waals surface area (Å²) < 4.78 is 0. The second-order valence-electron chi connectivity index (χ2n) is 11.6. The van der Waals surface area contributed by atoms with Crippen LogP contribution in [0.1, 0.15) is 86.7 Å². The molecule has 1 amide bonds. The number of aromatic amines is 1. The molecule has 1 aromatic carbocycles. The summed E-state index contributed by atoms with van der Waals surface area (Å²) in [5.74, 6) is 1.05. The Kier molecular flexibility index (Phi) is 7.68. The molecule has 5 rings (SSSR count). The molecule has 0 atom stereocenters. The van der Waals surface area contributed by atoms with E-state index in [4.69, 9.17) is 0 Å². The van der Waals surface area contributed by atoms with Crippen molar-refractivity contribution in [3.8, 4) is 11.3 Å². The van der Waals surface area contributed by atoms with E-state index in [-0.39, 0.29) is 18.1 Å². The van der Waals surface area contributed by atoms with E-state index in [0.29, 0.717) is 18.4 Å². The van der Waals surface area contributed by atoms with Crippen LogP contribution in [-0.4, -0.2) is 57.7 Å². The number of H-pyrrole nitrogens is 1. The van der Waals surface area contributed by atoms with Crippen LogP contribution in [0.25, 0.3) is 22.2 Å². The Balaban J connectivity index is 1.26. The van der Waals surface area contributed by atoms with E-state index in [1.165, 1.54) is 33.3 Å². The number of hydrogen-bond acceptors (Lipinski definition) is 4. The SMILES string of the molecule is Cc1cc(-c2[nH]c3ccc(C4CCN(CC(=O)N[C@H]5CC[C@H](O)CC5)CC4)cc3c2C(C)C)cc(C)n1. The number of aryl methyl sites for hydroxylation is 2. The fraction of sp³-hybridized carbons (Fsp3) is 0.548. The summed E-state index contributed by atoms with van der Waals surface area (Å²) in [6, 6.07) is 11.5. The molecule has 3 heterocycles. The lowest BCUT2D eigenvalue weighted by molar-refractivity contribution is -0.123. The molecule has 3 aromatic rings. The monoisotopic (exact) mass is 502 g/mol. The molecule has 6 nitrogen and oxygen atoms in total. The van der Waals surface area contributed by atoms with E-state index in [1.54, 1.807) is 0 Å². The minimum atomic E-state index is -0.190. The van der Waals surface area contributed by atoms with Crippen molar-refractivity contribution < 1.29 is 9.90 Å². The quantitative estimate of drug-likeness (QED) is 0.412. The molecule has 0 radical (unpaired) electrons. The third-order valence-corrected chi connectivity index (χ3v) is 8.30. The predicted molar refractivity (Wildman–Crippen MR) is 150 cm³/mol. The number of nitrogens with one attached hydrogen (secondary N) is 2. The van der Waals surface area contributed by atoms with E-state index in [1.807, 2.05) is 0 Å². The molecule has 1 saturated heterocycles. The van der Waals surface area contributed by atoms with Crippen molar-refractivity contribution >= 4 is 16.8 Å². The lowest BCUT2D eigenvalue weighted by atomic mass is 9.87. The Morgan fingerprint density at radius 1 is 1.05 bits per heavy atom. The van der Waals surface area contributed by atoms with Crippen molar-refractivity contribution in [1.29, 1.82) is 0 Å². The highest BCUT2D eigenvalue weighted by Gasteiger charge is 2.25. The highest BCUT2D eigenvalue weighted by atomic mass is 16.3. The second kappa shape index (κ2) is 11.0. The normalized spacial score (nSPS) is 21.6. The van der Waals surface area contributed by atoms with E-state index in [2.05, 4.69) is 78.2 Å². The number of nitrogens with zero attached hydrogens (tertiary/aromatic N) is 2. The molecule has 0 unspecified atom stereocenters. The number of rotatable bonds is 6. The Morgan fingerprint density at radius 2 is 1.73 bits per heavy atom. The summed E-state index contributed by atoms with van der Waals surface area (Å²) in [4.78, 5) is 23.2. The van der Waals surface area contributed by atoms with Gasteiger partial charge in [0.25, 0.3) is 0 Å². The van der Waals surface area contributed by atoms with E-state index < -0.39 is 0 Å². The molecule has 2 aromatic heterocycles. The van der Waals surface area contributed by atoms with Crippen molar-refractivity contribution in [2.24, 2.45) is 0 Å². The van der Waals surface area contributed by atoms with Crippen LogP contribution in [0.4, 0.5) is 0 Å². The maximum atomic E-state index is 12.6. The first-order valence-electron chi connectivity index (χ1n) is 14.1. The van der Waals surface area contributed by atoms with Gasteiger partial charge in [0.2, 0.25) is 5.91 Å². The van der Waals surface area contributed by atoms with Gasteiger partial charge in [-0.2, -0.15) is 0 Å². The second-order valence-corrected chi connectivity index (χ2v) is 11.6. The molecular weight excluding hydrogens is 460 g/mol. The van der Waals surface area contributed by atoms with Crippen LogP contribution in [-0.2, 0) is 4.79 Å². The molecule has 0 bridgehead atoms. The van der Waals surface area contributed by atoms with Gasteiger partial charge in [0.05, 0.1) is 18.3 Å². The van der Waals surface area contributed by atoms with Crippen molar-refractivity contribution in [3.63, 3.8) is 0 Å². The van der Waals surface area contributed by atoms with Crippen LogP contribution in [0.3, 0.4) is 0 Å². The molecule has 6 heteroatoms. The van der Waals surface area contributed by atoms with Gasteiger partial charge in [0, 0.05) is 33.9 Å². The van der Waals surface area contributed by atoms with E-state index >= 15 is 0 Å². The van der Waals surface area contributed by atoms with Crippen LogP contribution < -0.4 is 5.32 Å². The molecular formula is C31H42N4O2. The lowest BCUT2D eigenvalue weighted by Crippen LogP contribution is -2.45. The summed E-state index contributed by atoms with van der Waals surface area (Å²) in [6.45, 7) is 11.0. The zero-order chi connectivity index (χ0) is 26.1. The van der Waals surface area contributed by atoms with E-state index in [0.717, 1.165) is 63.0 Å². The smallest absolute Gasteiger partial charge is 0.234 e. The maximum absolute atomic E-state index is 12.6. The first-order chi connectivity index (χ1) is 17.8. The molecule has 2 aliphatic rings. The first-order valence-corrected chi connectivity index (χ1v) is 14.1. The van der Waals surface area contributed by atoms with Gasteiger partial charge in [-0.3, -0.25) is 14.7 Å². The molecule has 0 spiro atoms. The number of likely N-dealkylation sites (tertiary alicyclic amines) is 1. The van der Waals surface area contributed by atoms with Gasteiger partial charge >= 0.3 is 0 Å². The molecule has 1 aliphatic heterocycles. The van der Waals surface area contributed by atoms with Gasteiger partial charge in [-0.15, -0.1) is 0 Å². The Labute approximate surface area is 220 Å². The number of pyridine rings is 1. The fourth-order valence-corrected chi connectivity index (χ4v) is 6.41. The number of aliphatic hydroxyl groups excluding tert-OH is 1. The molecule has 2 fully saturated rings. The number of carbonyl (C=O) groups excluding carboxylic acids is 1. The minimum Gasteiger partial charge on any atom is -0.393 e. The molecule has 198 valence electrons. The lowest BCUT2D eigenvalue weighted by Gasteiger charge is -2.33. The summed E-state index contributed by atoms with van der Waals surface area (Å²) in [7, 11) is 0. The van der Waals surface area contributed by atoms with Gasteiger partial charge in [-0.25, -0.2) is 0 Å². The average Bonchev–Trinajstić information content (AvgIpc) is 3.25. The standard InChI is InChI=1S/C31H42N4O2/c1-19(2)30-27-17-23(5-10-28(27)34-31(30)24-15-20(3)32-21(4)16-24)22-11-13-35(14-12-22)18-29(37)33-25-6-8-26(36)9-7-25/h5,10,15-17,19,22,25-26,34,36H,6-9,11-14,18H2,1-4H3,(H,33,37)/t25-,26-. The van der Waals surface area contributed by atoms with Crippen molar-refractivity contribution in [2.75, 3.05) is 19.6 Å². The minimum absolute atomic E-state index is 0.129. The van der Waals surface area contributed by atoms with Gasteiger partial charge < -0.3 is 15.4 Å². The van der Waals surface area contributed by atoms with Gasteiger partial charge in [-0.05, 0) is 113 Å². The van der Waals surface area contributed by atoms with Gasteiger partial charge in [-0.1, -0.05) is 19.9 Å². The van der Waals surface area contributed by atoms with Crippen LogP contribution in [0.5, 0.6) is 0 Å². The zero-order valence-corrected chi connectivity index (χ0v) is 22.8. The third-order valence-electron chi connectivity index (χ3n) is 8.30. The summed E-state index contributed by atoms with van der Waals surface area (Å²) in [5, 5.41) is 14.2.